The Kier molecular flexibility index (Phi) is 5.05. The van der Waals surface area contributed by atoms with Gasteiger partial charge in [-0.15, -0.1) is 5.10 Å². The highest BCUT2D eigenvalue weighted by Gasteiger charge is 2.36. The van der Waals surface area contributed by atoms with Gasteiger partial charge in [-0.05, 0) is 49.3 Å². The molecule has 0 saturated carbocycles. The first-order chi connectivity index (χ1) is 12.6. The summed E-state index contributed by atoms with van der Waals surface area (Å²) in [5.74, 6) is 1.88. The summed E-state index contributed by atoms with van der Waals surface area (Å²) in [5, 5.41) is 7.73. The molecule has 1 aromatic carbocycles. The summed E-state index contributed by atoms with van der Waals surface area (Å²) in [6.45, 7) is 5.55. The third kappa shape index (κ3) is 3.81. The lowest BCUT2D eigenvalue weighted by atomic mass is 9.98. The molecular weight excluding hydrogens is 348 g/mol. The molecule has 1 aromatic heterocycles. The number of anilines is 2. The quantitative estimate of drug-likeness (QED) is 0.860. The van der Waals surface area contributed by atoms with Gasteiger partial charge in [-0.1, -0.05) is 30.7 Å². The third-order valence-electron chi connectivity index (χ3n) is 5.76. The molecule has 0 bridgehead atoms. The maximum absolute atomic E-state index is 6.03. The van der Waals surface area contributed by atoms with Crippen molar-refractivity contribution in [1.29, 1.82) is 0 Å². The van der Waals surface area contributed by atoms with E-state index in [0.29, 0.717) is 18.0 Å². The summed E-state index contributed by atoms with van der Waals surface area (Å²) in [7, 11) is 0. The first-order valence-corrected chi connectivity index (χ1v) is 9.89. The zero-order valence-corrected chi connectivity index (χ0v) is 16.0. The predicted octanol–water partition coefficient (Wildman–Crippen LogP) is 2.96. The Balaban J connectivity index is 1.38. The van der Waals surface area contributed by atoms with Crippen LogP contribution in [0.1, 0.15) is 31.7 Å². The van der Waals surface area contributed by atoms with Gasteiger partial charge in [-0.2, -0.15) is 4.98 Å². The van der Waals surface area contributed by atoms with Crippen LogP contribution in [-0.4, -0.2) is 51.8 Å². The Morgan fingerprint density at radius 1 is 1.23 bits per heavy atom. The van der Waals surface area contributed by atoms with Gasteiger partial charge < -0.3 is 10.6 Å². The molecule has 2 aromatic rings. The van der Waals surface area contributed by atoms with Crippen LogP contribution >= 0.6 is 11.6 Å². The van der Waals surface area contributed by atoms with Gasteiger partial charge >= 0.3 is 0 Å². The number of piperidine rings is 1. The average molecular weight is 375 g/mol. The monoisotopic (exact) mass is 374 g/mol. The molecule has 2 aliphatic rings. The number of nitrogens with one attached hydrogen (secondary N) is 1. The number of rotatable bonds is 4. The molecule has 4 rings (SSSR count). The molecular formula is C19H27ClN6. The Hall–Kier alpha value is -1.79. The lowest BCUT2D eigenvalue weighted by molar-refractivity contribution is 0.150. The van der Waals surface area contributed by atoms with E-state index >= 15 is 0 Å². The van der Waals surface area contributed by atoms with Gasteiger partial charge in [0.15, 0.2) is 0 Å². The lowest BCUT2D eigenvalue weighted by Gasteiger charge is -2.39. The fraction of sp³-hybridized carbons (Fsp3) is 0.579. The number of aromatic amines is 1. The number of nitrogens with two attached hydrogens (primary N) is 1. The fourth-order valence-corrected chi connectivity index (χ4v) is 4.65. The highest BCUT2D eigenvalue weighted by atomic mass is 35.5. The summed E-state index contributed by atoms with van der Waals surface area (Å²) in [6, 6.07) is 9.60. The first kappa shape index (κ1) is 17.6. The van der Waals surface area contributed by atoms with Gasteiger partial charge in [0.1, 0.15) is 0 Å². The summed E-state index contributed by atoms with van der Waals surface area (Å²) in [6.07, 6.45) is 4.69. The molecule has 26 heavy (non-hydrogen) atoms. The molecule has 3 heterocycles. The van der Waals surface area contributed by atoms with Crippen molar-refractivity contribution in [2.75, 3.05) is 30.3 Å². The van der Waals surface area contributed by atoms with Gasteiger partial charge in [0.25, 0.3) is 0 Å². The maximum atomic E-state index is 6.03. The van der Waals surface area contributed by atoms with E-state index in [2.05, 4.69) is 44.0 Å². The standard InChI is InChI=1S/C19H27ClN6/c1-13-10-17(11-14-2-4-15(20)5-3-14)26(12-13)16-6-8-25(9-7-16)19-22-18(21)23-24-19/h2-5,13,16-17H,6-12H2,1H3,(H3,21,22,23,24)/t13?,17-/m1/s1. The van der Waals surface area contributed by atoms with E-state index in [-0.39, 0.29) is 0 Å². The van der Waals surface area contributed by atoms with Gasteiger partial charge in [-0.3, -0.25) is 4.90 Å². The average Bonchev–Trinajstić information content (AvgIpc) is 3.23. The summed E-state index contributed by atoms with van der Waals surface area (Å²) in [5.41, 5.74) is 7.04. The largest absolute Gasteiger partial charge is 0.368 e. The number of nitrogens with zero attached hydrogens (tertiary/aromatic N) is 4. The van der Waals surface area contributed by atoms with E-state index in [4.69, 9.17) is 17.3 Å². The molecule has 2 fully saturated rings. The number of benzene rings is 1. The molecule has 7 heteroatoms. The van der Waals surface area contributed by atoms with E-state index in [9.17, 15) is 0 Å². The Morgan fingerprint density at radius 3 is 2.62 bits per heavy atom. The van der Waals surface area contributed by atoms with Crippen LogP contribution in [-0.2, 0) is 6.42 Å². The minimum Gasteiger partial charge on any atom is -0.368 e. The Morgan fingerprint density at radius 2 is 1.96 bits per heavy atom. The second-order valence-corrected chi connectivity index (χ2v) is 8.20. The third-order valence-corrected chi connectivity index (χ3v) is 6.01. The van der Waals surface area contributed by atoms with Gasteiger partial charge in [0.2, 0.25) is 11.9 Å². The van der Waals surface area contributed by atoms with Crippen LogP contribution in [0.2, 0.25) is 5.02 Å². The van der Waals surface area contributed by atoms with Crippen LogP contribution in [0.4, 0.5) is 11.9 Å². The smallest absolute Gasteiger partial charge is 0.246 e. The van der Waals surface area contributed by atoms with Crippen molar-refractivity contribution in [2.45, 2.75) is 44.7 Å². The lowest BCUT2D eigenvalue weighted by Crippen LogP contribution is -2.47. The van der Waals surface area contributed by atoms with Crippen molar-refractivity contribution in [2.24, 2.45) is 5.92 Å². The van der Waals surface area contributed by atoms with Crippen LogP contribution < -0.4 is 10.6 Å². The van der Waals surface area contributed by atoms with Crippen LogP contribution in [0.25, 0.3) is 0 Å². The summed E-state index contributed by atoms with van der Waals surface area (Å²) >= 11 is 6.03. The number of halogens is 1. The van der Waals surface area contributed by atoms with Crippen LogP contribution in [0, 0.1) is 5.92 Å². The minimum absolute atomic E-state index is 0.388. The van der Waals surface area contributed by atoms with Crippen LogP contribution in [0.3, 0.4) is 0 Å². The molecule has 0 spiro atoms. The summed E-state index contributed by atoms with van der Waals surface area (Å²) in [4.78, 5) is 9.25. The second kappa shape index (κ2) is 7.45. The van der Waals surface area contributed by atoms with Gasteiger partial charge in [0, 0.05) is 36.7 Å². The first-order valence-electron chi connectivity index (χ1n) is 9.51. The number of nitrogen functional groups attached to an aromatic ring is 1. The van der Waals surface area contributed by atoms with Crippen molar-refractivity contribution in [1.82, 2.24) is 20.1 Å². The van der Waals surface area contributed by atoms with E-state index in [1.54, 1.807) is 0 Å². The molecule has 2 atom stereocenters. The molecule has 140 valence electrons. The molecule has 1 unspecified atom stereocenters. The topological polar surface area (TPSA) is 74.1 Å². The maximum Gasteiger partial charge on any atom is 0.246 e. The molecule has 0 amide bonds. The highest BCUT2D eigenvalue weighted by molar-refractivity contribution is 6.30. The molecule has 3 N–H and O–H groups in total. The number of hydrogen-bond donors (Lipinski definition) is 2. The van der Waals surface area contributed by atoms with Crippen molar-refractivity contribution in [3.05, 3.63) is 34.9 Å². The number of aromatic nitrogens is 3. The fourth-order valence-electron chi connectivity index (χ4n) is 4.53. The zero-order chi connectivity index (χ0) is 18.1. The predicted molar refractivity (Wildman–Crippen MR) is 105 cm³/mol. The van der Waals surface area contributed by atoms with Crippen molar-refractivity contribution in [3.8, 4) is 0 Å². The van der Waals surface area contributed by atoms with Crippen molar-refractivity contribution < 1.29 is 0 Å². The van der Waals surface area contributed by atoms with E-state index in [1.165, 1.54) is 18.5 Å². The molecule has 2 aliphatic heterocycles. The van der Waals surface area contributed by atoms with Gasteiger partial charge in [0.05, 0.1) is 0 Å². The second-order valence-electron chi connectivity index (χ2n) is 7.76. The zero-order valence-electron chi connectivity index (χ0n) is 15.2. The van der Waals surface area contributed by atoms with E-state index in [0.717, 1.165) is 49.2 Å². The molecule has 0 radical (unpaired) electrons. The van der Waals surface area contributed by atoms with E-state index in [1.807, 2.05) is 12.1 Å². The normalized spacial score (nSPS) is 25.1. The van der Waals surface area contributed by atoms with Crippen molar-refractivity contribution in [3.63, 3.8) is 0 Å². The molecule has 0 aliphatic carbocycles. The highest BCUT2D eigenvalue weighted by Crippen LogP contribution is 2.32. The summed E-state index contributed by atoms with van der Waals surface area (Å²) < 4.78 is 0. The van der Waals surface area contributed by atoms with Crippen LogP contribution in [0.15, 0.2) is 24.3 Å². The SMILES string of the molecule is CC1C[C@H](Cc2ccc(Cl)cc2)N(C2CCN(c3n[nH]c(N)n3)CC2)C1. The molecule has 6 nitrogen and oxygen atoms in total. The van der Waals surface area contributed by atoms with Crippen LogP contribution in [0.5, 0.6) is 0 Å². The Bertz CT molecular complexity index is 722. The Labute approximate surface area is 159 Å². The van der Waals surface area contributed by atoms with E-state index < -0.39 is 0 Å². The molecule has 2 saturated heterocycles. The number of H-pyrrole nitrogens is 1. The number of likely N-dealkylation sites (tertiary alicyclic amines) is 1. The minimum atomic E-state index is 0.388. The number of hydrogen-bond acceptors (Lipinski definition) is 5. The van der Waals surface area contributed by atoms with Gasteiger partial charge in [-0.25, -0.2) is 5.10 Å². The van der Waals surface area contributed by atoms with Crippen molar-refractivity contribution >= 4 is 23.5 Å².